The van der Waals surface area contributed by atoms with Gasteiger partial charge in [-0.15, -0.1) is 0 Å². The van der Waals surface area contributed by atoms with Crippen LogP contribution in [-0.2, 0) is 0 Å². The summed E-state index contributed by atoms with van der Waals surface area (Å²) in [6.45, 7) is 5.44. The fraction of sp³-hybridized carbons (Fsp3) is 1.00. The van der Waals surface area contributed by atoms with E-state index < -0.39 is 0 Å². The summed E-state index contributed by atoms with van der Waals surface area (Å²) >= 11 is 0. The van der Waals surface area contributed by atoms with E-state index in [1.807, 2.05) is 0 Å². The molecule has 0 aromatic rings. The van der Waals surface area contributed by atoms with E-state index >= 15 is 0 Å². The van der Waals surface area contributed by atoms with Crippen LogP contribution in [0.5, 0.6) is 0 Å². The molecule has 0 saturated heterocycles. The standard InChI is InChI=1S/C17H37NO/c1-3-5-7-8-9-10-11-12-13-15-17(19)18-16-14-6-4-2/h17-19H,3-16H2,1-2H3. The molecule has 0 aromatic carbocycles. The molecule has 0 rings (SSSR count). The normalized spacial score (nSPS) is 12.8. The van der Waals surface area contributed by atoms with Gasteiger partial charge >= 0.3 is 0 Å². The van der Waals surface area contributed by atoms with E-state index in [4.69, 9.17) is 0 Å². The number of unbranched alkanes of at least 4 members (excludes halogenated alkanes) is 10. The molecule has 0 spiro atoms. The molecule has 0 aliphatic heterocycles. The smallest absolute Gasteiger partial charge is 0.104 e. The molecule has 0 heterocycles. The summed E-state index contributed by atoms with van der Waals surface area (Å²) in [5.74, 6) is 0. The molecule has 0 bridgehead atoms. The fourth-order valence-electron chi connectivity index (χ4n) is 2.39. The Morgan fingerprint density at radius 2 is 1.16 bits per heavy atom. The Kier molecular flexibility index (Phi) is 15.9. The summed E-state index contributed by atoms with van der Waals surface area (Å²) < 4.78 is 0. The van der Waals surface area contributed by atoms with Gasteiger partial charge in [-0.2, -0.15) is 0 Å². The molecule has 0 radical (unpaired) electrons. The molecule has 116 valence electrons. The average molecular weight is 271 g/mol. The molecule has 1 unspecified atom stereocenters. The Morgan fingerprint density at radius 3 is 1.74 bits per heavy atom. The van der Waals surface area contributed by atoms with Crippen molar-refractivity contribution < 1.29 is 5.11 Å². The number of aliphatic hydroxyl groups excluding tert-OH is 1. The summed E-state index contributed by atoms with van der Waals surface area (Å²) in [4.78, 5) is 0. The van der Waals surface area contributed by atoms with Gasteiger partial charge in [-0.1, -0.05) is 78.1 Å². The van der Waals surface area contributed by atoms with Crippen LogP contribution in [0.2, 0.25) is 0 Å². The third kappa shape index (κ3) is 15.9. The van der Waals surface area contributed by atoms with Crippen molar-refractivity contribution in [1.82, 2.24) is 5.32 Å². The van der Waals surface area contributed by atoms with E-state index in [0.29, 0.717) is 0 Å². The number of hydrogen-bond acceptors (Lipinski definition) is 2. The highest BCUT2D eigenvalue weighted by Gasteiger charge is 2.01. The molecule has 2 nitrogen and oxygen atoms in total. The Bertz CT molecular complexity index is 161. The third-order valence-electron chi connectivity index (χ3n) is 3.74. The first kappa shape index (κ1) is 18.9. The molecule has 2 heteroatoms. The summed E-state index contributed by atoms with van der Waals surface area (Å²) in [7, 11) is 0. The lowest BCUT2D eigenvalue weighted by atomic mass is 10.1. The molecule has 0 aliphatic carbocycles. The van der Waals surface area contributed by atoms with Crippen molar-refractivity contribution in [3.05, 3.63) is 0 Å². The second kappa shape index (κ2) is 16.0. The van der Waals surface area contributed by atoms with E-state index in [-0.39, 0.29) is 6.23 Å². The number of hydrogen-bond donors (Lipinski definition) is 2. The van der Waals surface area contributed by atoms with Crippen molar-refractivity contribution in [2.75, 3.05) is 6.54 Å². The van der Waals surface area contributed by atoms with Gasteiger partial charge in [-0.3, -0.25) is 5.32 Å². The number of rotatable bonds is 15. The van der Waals surface area contributed by atoms with Gasteiger partial charge < -0.3 is 5.11 Å². The molecule has 0 fully saturated rings. The van der Waals surface area contributed by atoms with E-state index in [0.717, 1.165) is 19.4 Å². The highest BCUT2D eigenvalue weighted by atomic mass is 16.3. The first-order chi connectivity index (χ1) is 9.31. The maximum Gasteiger partial charge on any atom is 0.104 e. The quantitative estimate of drug-likeness (QED) is 0.324. The predicted octanol–water partition coefficient (Wildman–Crippen LogP) is 5.01. The fourth-order valence-corrected chi connectivity index (χ4v) is 2.39. The molecule has 1 atom stereocenters. The van der Waals surface area contributed by atoms with Gasteiger partial charge in [0.2, 0.25) is 0 Å². The molecule has 2 N–H and O–H groups in total. The molecule has 0 amide bonds. The van der Waals surface area contributed by atoms with Crippen LogP contribution in [0.25, 0.3) is 0 Å². The first-order valence-corrected chi connectivity index (χ1v) is 8.72. The maximum atomic E-state index is 9.74. The van der Waals surface area contributed by atoms with Crippen LogP contribution >= 0.6 is 0 Å². The van der Waals surface area contributed by atoms with E-state index in [1.165, 1.54) is 70.6 Å². The lowest BCUT2D eigenvalue weighted by Gasteiger charge is -2.12. The number of aliphatic hydroxyl groups is 1. The minimum atomic E-state index is -0.276. The Hall–Kier alpha value is -0.0800. The zero-order valence-corrected chi connectivity index (χ0v) is 13.4. The van der Waals surface area contributed by atoms with Gasteiger partial charge in [0.25, 0.3) is 0 Å². The van der Waals surface area contributed by atoms with Crippen molar-refractivity contribution in [3.63, 3.8) is 0 Å². The van der Waals surface area contributed by atoms with Crippen LogP contribution in [0.3, 0.4) is 0 Å². The van der Waals surface area contributed by atoms with Crippen molar-refractivity contribution in [2.24, 2.45) is 0 Å². The zero-order chi connectivity index (χ0) is 14.2. The van der Waals surface area contributed by atoms with Crippen molar-refractivity contribution >= 4 is 0 Å². The highest BCUT2D eigenvalue weighted by molar-refractivity contribution is 4.55. The number of nitrogens with one attached hydrogen (secondary N) is 1. The van der Waals surface area contributed by atoms with Crippen molar-refractivity contribution in [2.45, 2.75) is 104 Å². The van der Waals surface area contributed by atoms with E-state index in [2.05, 4.69) is 19.2 Å². The Labute approximate surface area is 121 Å². The van der Waals surface area contributed by atoms with Crippen molar-refractivity contribution in [3.8, 4) is 0 Å². The van der Waals surface area contributed by atoms with Crippen molar-refractivity contribution in [1.29, 1.82) is 0 Å². The SMILES string of the molecule is CCCCCCCCCCCC(O)NCCCCC. The lowest BCUT2D eigenvalue weighted by Crippen LogP contribution is -2.29. The van der Waals surface area contributed by atoms with Gasteiger partial charge in [-0.05, 0) is 25.8 Å². The molecular weight excluding hydrogens is 234 g/mol. The summed E-state index contributed by atoms with van der Waals surface area (Å²) in [6.07, 6.45) is 16.5. The third-order valence-corrected chi connectivity index (χ3v) is 3.74. The second-order valence-electron chi connectivity index (χ2n) is 5.79. The Morgan fingerprint density at radius 1 is 0.684 bits per heavy atom. The first-order valence-electron chi connectivity index (χ1n) is 8.72. The lowest BCUT2D eigenvalue weighted by molar-refractivity contribution is 0.124. The Balaban J connectivity index is 3.07. The van der Waals surface area contributed by atoms with Crippen LogP contribution in [-0.4, -0.2) is 17.9 Å². The van der Waals surface area contributed by atoms with E-state index in [9.17, 15) is 5.11 Å². The van der Waals surface area contributed by atoms with Crippen LogP contribution in [0.15, 0.2) is 0 Å². The van der Waals surface area contributed by atoms with Crippen LogP contribution < -0.4 is 5.32 Å². The topological polar surface area (TPSA) is 32.3 Å². The van der Waals surface area contributed by atoms with Gasteiger partial charge in [0, 0.05) is 0 Å². The predicted molar refractivity (Wildman–Crippen MR) is 85.4 cm³/mol. The molecule has 0 aromatic heterocycles. The largest absolute Gasteiger partial charge is 0.379 e. The average Bonchev–Trinajstić information content (AvgIpc) is 2.42. The molecular formula is C17H37NO. The van der Waals surface area contributed by atoms with Gasteiger partial charge in [0.05, 0.1) is 0 Å². The molecule has 0 saturated carbocycles. The molecule has 0 aliphatic rings. The minimum Gasteiger partial charge on any atom is -0.379 e. The van der Waals surface area contributed by atoms with Gasteiger partial charge in [0.1, 0.15) is 6.23 Å². The van der Waals surface area contributed by atoms with Crippen LogP contribution in [0, 0.1) is 0 Å². The van der Waals surface area contributed by atoms with Gasteiger partial charge in [0.15, 0.2) is 0 Å². The summed E-state index contributed by atoms with van der Waals surface area (Å²) in [5, 5.41) is 12.9. The van der Waals surface area contributed by atoms with Crippen LogP contribution in [0.4, 0.5) is 0 Å². The zero-order valence-electron chi connectivity index (χ0n) is 13.4. The van der Waals surface area contributed by atoms with E-state index in [1.54, 1.807) is 0 Å². The second-order valence-corrected chi connectivity index (χ2v) is 5.79. The minimum absolute atomic E-state index is 0.276. The monoisotopic (exact) mass is 271 g/mol. The summed E-state index contributed by atoms with van der Waals surface area (Å²) in [6, 6.07) is 0. The van der Waals surface area contributed by atoms with Crippen LogP contribution in [0.1, 0.15) is 97.3 Å². The summed E-state index contributed by atoms with van der Waals surface area (Å²) in [5.41, 5.74) is 0. The van der Waals surface area contributed by atoms with Gasteiger partial charge in [-0.25, -0.2) is 0 Å². The maximum absolute atomic E-state index is 9.74. The highest BCUT2D eigenvalue weighted by Crippen LogP contribution is 2.11. The molecule has 19 heavy (non-hydrogen) atoms.